The summed E-state index contributed by atoms with van der Waals surface area (Å²) in [4.78, 5) is 12.1. The molecular weight excluding hydrogens is 294 g/mol. The van der Waals surface area contributed by atoms with E-state index in [2.05, 4.69) is 16.6 Å². The number of carbonyl (C=O) groups excluding carboxylic acids is 1. The Kier molecular flexibility index (Phi) is 3.93. The van der Waals surface area contributed by atoms with Gasteiger partial charge in [-0.25, -0.2) is 5.43 Å². The Hall–Kier alpha value is -3.33. The van der Waals surface area contributed by atoms with E-state index in [9.17, 15) is 4.79 Å². The van der Waals surface area contributed by atoms with Crippen molar-refractivity contribution in [3.63, 3.8) is 0 Å². The zero-order chi connectivity index (χ0) is 16.2. The molecule has 1 heterocycles. The van der Waals surface area contributed by atoms with E-state index in [0.717, 1.165) is 5.56 Å². The maximum atomic E-state index is 12.1. The van der Waals surface area contributed by atoms with Crippen molar-refractivity contribution in [2.24, 2.45) is 5.10 Å². The third-order valence-electron chi connectivity index (χ3n) is 3.39. The highest BCUT2D eigenvalue weighted by atomic mass is 16.7. The number of nitriles is 1. The van der Waals surface area contributed by atoms with E-state index < -0.39 is 0 Å². The van der Waals surface area contributed by atoms with Crippen LogP contribution < -0.4 is 14.9 Å². The minimum atomic E-state index is -0.337. The van der Waals surface area contributed by atoms with Gasteiger partial charge in [0.1, 0.15) is 0 Å². The smallest absolute Gasteiger partial charge is 0.271 e. The number of nitrogens with zero attached hydrogens (tertiary/aromatic N) is 2. The summed E-state index contributed by atoms with van der Waals surface area (Å²) in [5, 5.41) is 12.9. The van der Waals surface area contributed by atoms with Crippen molar-refractivity contribution in [1.82, 2.24) is 5.43 Å². The van der Waals surface area contributed by atoms with Gasteiger partial charge in [-0.05, 0) is 42.8 Å². The molecule has 0 unspecified atom stereocenters. The van der Waals surface area contributed by atoms with Crippen molar-refractivity contribution in [1.29, 1.82) is 5.26 Å². The Morgan fingerprint density at radius 3 is 2.57 bits per heavy atom. The van der Waals surface area contributed by atoms with Crippen molar-refractivity contribution in [3.8, 4) is 17.6 Å². The van der Waals surface area contributed by atoms with Crippen molar-refractivity contribution in [2.75, 3.05) is 6.79 Å². The van der Waals surface area contributed by atoms with E-state index in [1.807, 2.05) is 0 Å². The molecule has 1 aliphatic rings. The van der Waals surface area contributed by atoms with Gasteiger partial charge in [-0.3, -0.25) is 4.79 Å². The predicted octanol–water partition coefficient (Wildman–Crippen LogP) is 2.44. The number of ether oxygens (including phenoxy) is 2. The van der Waals surface area contributed by atoms with Crippen LogP contribution in [-0.2, 0) is 0 Å². The number of benzene rings is 2. The molecule has 0 saturated carbocycles. The summed E-state index contributed by atoms with van der Waals surface area (Å²) in [6.07, 6.45) is 0. The number of hydrogen-bond donors (Lipinski definition) is 1. The van der Waals surface area contributed by atoms with Crippen molar-refractivity contribution < 1.29 is 14.3 Å². The fraction of sp³-hybridized carbons (Fsp3) is 0.118. The molecule has 114 valence electrons. The molecule has 0 spiro atoms. The highest BCUT2D eigenvalue weighted by molar-refractivity contribution is 6.01. The van der Waals surface area contributed by atoms with Crippen LogP contribution in [0.2, 0.25) is 0 Å². The molecule has 2 aromatic rings. The average molecular weight is 307 g/mol. The van der Waals surface area contributed by atoms with Crippen LogP contribution in [0.3, 0.4) is 0 Å². The summed E-state index contributed by atoms with van der Waals surface area (Å²) in [6.45, 7) is 1.94. The third-order valence-corrected chi connectivity index (χ3v) is 3.39. The summed E-state index contributed by atoms with van der Waals surface area (Å²) in [7, 11) is 0. The van der Waals surface area contributed by atoms with Gasteiger partial charge in [0.05, 0.1) is 17.3 Å². The zero-order valence-electron chi connectivity index (χ0n) is 12.4. The predicted molar refractivity (Wildman–Crippen MR) is 83.4 cm³/mol. The van der Waals surface area contributed by atoms with Gasteiger partial charge in [-0.1, -0.05) is 12.1 Å². The van der Waals surface area contributed by atoms with Gasteiger partial charge in [0.25, 0.3) is 5.91 Å². The van der Waals surface area contributed by atoms with Crippen LogP contribution in [-0.4, -0.2) is 18.4 Å². The summed E-state index contributed by atoms with van der Waals surface area (Å²) in [5.74, 6) is 0.834. The summed E-state index contributed by atoms with van der Waals surface area (Å²) >= 11 is 0. The molecule has 1 aliphatic heterocycles. The molecule has 0 bridgehead atoms. The fourth-order valence-electron chi connectivity index (χ4n) is 2.09. The molecule has 0 radical (unpaired) electrons. The zero-order valence-corrected chi connectivity index (χ0v) is 12.4. The molecule has 0 saturated heterocycles. The van der Waals surface area contributed by atoms with Gasteiger partial charge >= 0.3 is 0 Å². The standard InChI is InChI=1S/C17H13N3O3/c1-11(13-4-2-12(9-18)3-5-13)19-20-17(21)14-6-7-15-16(8-14)23-10-22-15/h2-8H,10H2,1H3,(H,20,21)/b19-11+. The van der Waals surface area contributed by atoms with E-state index in [1.165, 1.54) is 0 Å². The Labute approximate surface area is 133 Å². The molecule has 0 aliphatic carbocycles. The van der Waals surface area contributed by atoms with Gasteiger partial charge in [-0.2, -0.15) is 10.4 Å². The molecule has 6 nitrogen and oxygen atoms in total. The topological polar surface area (TPSA) is 83.7 Å². The van der Waals surface area contributed by atoms with E-state index >= 15 is 0 Å². The Bertz CT molecular complexity index is 820. The van der Waals surface area contributed by atoms with Gasteiger partial charge in [-0.15, -0.1) is 0 Å². The largest absolute Gasteiger partial charge is 0.454 e. The number of hydrazone groups is 1. The molecule has 2 aromatic carbocycles. The van der Waals surface area contributed by atoms with Crippen LogP contribution in [0.5, 0.6) is 11.5 Å². The molecule has 0 aromatic heterocycles. The molecule has 0 atom stereocenters. The van der Waals surface area contributed by atoms with Gasteiger partial charge in [0.2, 0.25) is 6.79 Å². The van der Waals surface area contributed by atoms with Crippen LogP contribution in [0.4, 0.5) is 0 Å². The lowest BCUT2D eigenvalue weighted by atomic mass is 10.1. The SMILES string of the molecule is C/C(=N\NC(=O)c1ccc2c(c1)OCO2)c1ccc(C#N)cc1. The number of carbonyl (C=O) groups is 1. The van der Waals surface area contributed by atoms with Crippen molar-refractivity contribution in [3.05, 3.63) is 59.2 Å². The quantitative estimate of drug-likeness (QED) is 0.697. The van der Waals surface area contributed by atoms with Crippen LogP contribution >= 0.6 is 0 Å². The molecule has 0 fully saturated rings. The second-order valence-electron chi connectivity index (χ2n) is 4.90. The summed E-state index contributed by atoms with van der Waals surface area (Å²) in [5.41, 5.74) is 4.99. The van der Waals surface area contributed by atoms with Crippen LogP contribution in [0.1, 0.15) is 28.4 Å². The van der Waals surface area contributed by atoms with Crippen LogP contribution in [0.25, 0.3) is 0 Å². The Balaban J connectivity index is 1.71. The summed E-state index contributed by atoms with van der Waals surface area (Å²) in [6, 6.07) is 14.0. The first-order chi connectivity index (χ1) is 11.2. The normalized spacial score (nSPS) is 12.6. The number of hydrogen-bond acceptors (Lipinski definition) is 5. The summed E-state index contributed by atoms with van der Waals surface area (Å²) < 4.78 is 10.4. The molecule has 1 N–H and O–H groups in total. The molecule has 1 amide bonds. The van der Waals surface area contributed by atoms with E-state index in [0.29, 0.717) is 28.3 Å². The monoisotopic (exact) mass is 307 g/mol. The third kappa shape index (κ3) is 3.14. The van der Waals surface area contributed by atoms with Gasteiger partial charge in [0, 0.05) is 5.56 Å². The van der Waals surface area contributed by atoms with Crippen LogP contribution in [0.15, 0.2) is 47.6 Å². The molecule has 3 rings (SSSR count). The van der Waals surface area contributed by atoms with Gasteiger partial charge < -0.3 is 9.47 Å². The average Bonchev–Trinajstić information content (AvgIpc) is 3.07. The number of nitrogens with one attached hydrogen (secondary N) is 1. The maximum Gasteiger partial charge on any atom is 0.271 e. The fourth-order valence-corrected chi connectivity index (χ4v) is 2.09. The first kappa shape index (κ1) is 14.6. The lowest BCUT2D eigenvalue weighted by Crippen LogP contribution is -2.19. The number of rotatable bonds is 3. The number of amides is 1. The minimum absolute atomic E-state index is 0.163. The lowest BCUT2D eigenvalue weighted by molar-refractivity contribution is 0.0954. The van der Waals surface area contributed by atoms with Crippen molar-refractivity contribution in [2.45, 2.75) is 6.92 Å². The molecule has 6 heteroatoms. The first-order valence-corrected chi connectivity index (χ1v) is 6.92. The van der Waals surface area contributed by atoms with E-state index in [4.69, 9.17) is 14.7 Å². The molecule has 23 heavy (non-hydrogen) atoms. The second-order valence-corrected chi connectivity index (χ2v) is 4.90. The minimum Gasteiger partial charge on any atom is -0.454 e. The van der Waals surface area contributed by atoms with E-state index in [-0.39, 0.29) is 12.7 Å². The number of fused-ring (bicyclic) bond motifs is 1. The van der Waals surface area contributed by atoms with Gasteiger partial charge in [0.15, 0.2) is 11.5 Å². The second kappa shape index (κ2) is 6.20. The Morgan fingerprint density at radius 2 is 1.83 bits per heavy atom. The molecular formula is C17H13N3O3. The van der Waals surface area contributed by atoms with Crippen molar-refractivity contribution >= 4 is 11.6 Å². The van der Waals surface area contributed by atoms with Crippen LogP contribution in [0, 0.1) is 11.3 Å². The highest BCUT2D eigenvalue weighted by Crippen LogP contribution is 2.32. The Morgan fingerprint density at radius 1 is 1.13 bits per heavy atom. The highest BCUT2D eigenvalue weighted by Gasteiger charge is 2.16. The lowest BCUT2D eigenvalue weighted by Gasteiger charge is -2.04. The maximum absolute atomic E-state index is 12.1. The first-order valence-electron chi connectivity index (χ1n) is 6.92. The van der Waals surface area contributed by atoms with E-state index in [1.54, 1.807) is 49.4 Å².